The number of anilines is 2. The second kappa shape index (κ2) is 4.07. The Morgan fingerprint density at radius 1 is 1.05 bits per heavy atom. The minimum atomic E-state index is 0.375. The van der Waals surface area contributed by atoms with E-state index in [1.807, 2.05) is 0 Å². The van der Waals surface area contributed by atoms with Crippen molar-refractivity contribution in [1.82, 2.24) is 0 Å². The highest BCUT2D eigenvalue weighted by atomic mass is 32.1. The van der Waals surface area contributed by atoms with E-state index >= 15 is 0 Å². The van der Waals surface area contributed by atoms with Crippen LogP contribution in [0.2, 0.25) is 0 Å². The summed E-state index contributed by atoms with van der Waals surface area (Å²) >= 11 is 5.57. The van der Waals surface area contributed by atoms with Crippen LogP contribution in [0, 0.1) is 0 Å². The van der Waals surface area contributed by atoms with Crippen LogP contribution in [-0.2, 0) is 6.42 Å². The monoisotopic (exact) mass is 266 g/mol. The number of nitrogens with one attached hydrogen (secondary N) is 1. The third-order valence-corrected chi connectivity index (χ3v) is 4.33. The smallest absolute Gasteiger partial charge is 0.178 e. The van der Waals surface area contributed by atoms with E-state index in [0.717, 1.165) is 23.6 Å². The van der Waals surface area contributed by atoms with Crippen molar-refractivity contribution in [3.05, 3.63) is 59.7 Å². The van der Waals surface area contributed by atoms with Crippen LogP contribution in [0.1, 0.15) is 23.6 Å². The number of aryl methyl sites for hydroxylation is 1. The molecule has 1 atom stereocenters. The zero-order valence-electron chi connectivity index (χ0n) is 10.5. The normalized spacial score (nSPS) is 20.1. The van der Waals surface area contributed by atoms with Gasteiger partial charge in [0.15, 0.2) is 5.11 Å². The van der Waals surface area contributed by atoms with Gasteiger partial charge >= 0.3 is 0 Å². The zero-order valence-corrected chi connectivity index (χ0v) is 11.3. The van der Waals surface area contributed by atoms with E-state index < -0.39 is 0 Å². The maximum atomic E-state index is 5.57. The first-order valence-corrected chi connectivity index (χ1v) is 7.02. The Morgan fingerprint density at radius 2 is 1.84 bits per heavy atom. The molecule has 0 fully saturated rings. The predicted molar refractivity (Wildman–Crippen MR) is 82.6 cm³/mol. The van der Waals surface area contributed by atoms with Crippen molar-refractivity contribution in [3.63, 3.8) is 0 Å². The van der Waals surface area contributed by atoms with Crippen LogP contribution in [0.5, 0.6) is 0 Å². The summed E-state index contributed by atoms with van der Waals surface area (Å²) in [5, 5.41) is 4.17. The van der Waals surface area contributed by atoms with Crippen LogP contribution in [0.25, 0.3) is 0 Å². The summed E-state index contributed by atoms with van der Waals surface area (Å²) in [5.74, 6) is 0. The molecule has 2 heterocycles. The molecule has 0 radical (unpaired) electrons. The SMILES string of the molecule is S=C1Nc2ccccc2C2CCc3ccccc3N12. The maximum absolute atomic E-state index is 5.57. The van der Waals surface area contributed by atoms with E-state index in [-0.39, 0.29) is 0 Å². The number of hydrogen-bond donors (Lipinski definition) is 1. The number of thiocarbonyl (C=S) groups is 1. The lowest BCUT2D eigenvalue weighted by Crippen LogP contribution is -2.44. The Labute approximate surface area is 118 Å². The standard InChI is InChI=1S/C16H14N2S/c19-16-17-13-7-3-2-6-12(13)15-10-9-11-5-1-4-8-14(11)18(15)16/h1-8,15H,9-10H2,(H,17,19). The molecular weight excluding hydrogens is 252 g/mol. The van der Waals surface area contributed by atoms with E-state index in [2.05, 4.69) is 58.7 Å². The van der Waals surface area contributed by atoms with Crippen LogP contribution in [0.4, 0.5) is 11.4 Å². The average molecular weight is 266 g/mol. The van der Waals surface area contributed by atoms with Gasteiger partial charge in [-0.3, -0.25) is 0 Å². The molecule has 0 saturated carbocycles. The van der Waals surface area contributed by atoms with Gasteiger partial charge in [0, 0.05) is 11.4 Å². The molecule has 0 saturated heterocycles. The fourth-order valence-corrected chi connectivity index (χ4v) is 3.50. The molecule has 1 unspecified atom stereocenters. The summed E-state index contributed by atoms with van der Waals surface area (Å²) in [6.45, 7) is 0. The predicted octanol–water partition coefficient (Wildman–Crippen LogP) is 3.89. The van der Waals surface area contributed by atoms with Gasteiger partial charge in [0.2, 0.25) is 0 Å². The molecular formula is C16H14N2S. The summed E-state index contributed by atoms with van der Waals surface area (Å²) in [6, 6.07) is 17.4. The number of hydrogen-bond acceptors (Lipinski definition) is 1. The second-order valence-corrected chi connectivity index (χ2v) is 5.46. The lowest BCUT2D eigenvalue weighted by atomic mass is 9.89. The van der Waals surface area contributed by atoms with E-state index in [1.165, 1.54) is 16.8 Å². The highest BCUT2D eigenvalue weighted by Crippen LogP contribution is 2.43. The number of benzene rings is 2. The molecule has 4 rings (SSSR count). The first kappa shape index (κ1) is 11.0. The molecule has 2 aliphatic heterocycles. The van der Waals surface area contributed by atoms with Crippen molar-refractivity contribution in [1.29, 1.82) is 0 Å². The summed E-state index contributed by atoms with van der Waals surface area (Å²) in [4.78, 5) is 2.27. The van der Waals surface area contributed by atoms with Crippen molar-refractivity contribution in [2.24, 2.45) is 0 Å². The maximum Gasteiger partial charge on any atom is 0.178 e. The number of nitrogens with zero attached hydrogens (tertiary/aromatic N) is 1. The average Bonchev–Trinajstić information content (AvgIpc) is 2.46. The van der Waals surface area contributed by atoms with Gasteiger partial charge in [0.25, 0.3) is 0 Å². The fourth-order valence-electron chi connectivity index (χ4n) is 3.17. The van der Waals surface area contributed by atoms with Gasteiger partial charge in [-0.25, -0.2) is 0 Å². The summed E-state index contributed by atoms with van der Waals surface area (Å²) in [7, 11) is 0. The number of para-hydroxylation sites is 2. The van der Waals surface area contributed by atoms with Crippen molar-refractivity contribution in [2.75, 3.05) is 10.2 Å². The van der Waals surface area contributed by atoms with Gasteiger partial charge in [0.05, 0.1) is 6.04 Å². The molecule has 2 aromatic rings. The molecule has 19 heavy (non-hydrogen) atoms. The van der Waals surface area contributed by atoms with Crippen molar-refractivity contribution < 1.29 is 0 Å². The van der Waals surface area contributed by atoms with E-state index in [0.29, 0.717) is 6.04 Å². The van der Waals surface area contributed by atoms with E-state index in [1.54, 1.807) is 0 Å². The quantitative estimate of drug-likeness (QED) is 0.728. The first-order valence-electron chi connectivity index (χ1n) is 6.61. The van der Waals surface area contributed by atoms with Gasteiger partial charge in [0.1, 0.15) is 0 Å². The van der Waals surface area contributed by atoms with Crippen LogP contribution >= 0.6 is 12.2 Å². The second-order valence-electron chi connectivity index (χ2n) is 5.07. The third-order valence-electron chi connectivity index (χ3n) is 4.03. The Morgan fingerprint density at radius 3 is 2.79 bits per heavy atom. The zero-order chi connectivity index (χ0) is 12.8. The van der Waals surface area contributed by atoms with Gasteiger partial charge in [-0.1, -0.05) is 36.4 Å². The minimum Gasteiger partial charge on any atom is -0.332 e. The van der Waals surface area contributed by atoms with Crippen LogP contribution < -0.4 is 10.2 Å². The molecule has 0 bridgehead atoms. The van der Waals surface area contributed by atoms with Gasteiger partial charge in [-0.05, 0) is 48.3 Å². The molecule has 1 N–H and O–H groups in total. The number of fused-ring (bicyclic) bond motifs is 5. The van der Waals surface area contributed by atoms with Crippen LogP contribution in [0.15, 0.2) is 48.5 Å². The minimum absolute atomic E-state index is 0.375. The summed E-state index contributed by atoms with van der Waals surface area (Å²) in [6.07, 6.45) is 2.24. The van der Waals surface area contributed by atoms with Crippen LogP contribution in [-0.4, -0.2) is 5.11 Å². The van der Waals surface area contributed by atoms with Gasteiger partial charge < -0.3 is 10.2 Å². The van der Waals surface area contributed by atoms with Gasteiger partial charge in [-0.15, -0.1) is 0 Å². The molecule has 0 aliphatic carbocycles. The Hall–Kier alpha value is -1.87. The molecule has 2 aromatic carbocycles. The molecule has 2 aliphatic rings. The Kier molecular flexibility index (Phi) is 2.35. The highest BCUT2D eigenvalue weighted by molar-refractivity contribution is 7.80. The van der Waals surface area contributed by atoms with Crippen molar-refractivity contribution >= 4 is 28.7 Å². The molecule has 0 amide bonds. The van der Waals surface area contributed by atoms with Crippen molar-refractivity contribution in [3.8, 4) is 0 Å². The lowest BCUT2D eigenvalue weighted by molar-refractivity contribution is 0.612. The van der Waals surface area contributed by atoms with Gasteiger partial charge in [-0.2, -0.15) is 0 Å². The Balaban J connectivity index is 1.89. The molecule has 0 spiro atoms. The Bertz CT molecular complexity index is 665. The number of rotatable bonds is 0. The summed E-state index contributed by atoms with van der Waals surface area (Å²) < 4.78 is 0. The molecule has 0 aromatic heterocycles. The lowest BCUT2D eigenvalue weighted by Gasteiger charge is -2.43. The molecule has 3 heteroatoms. The largest absolute Gasteiger partial charge is 0.332 e. The topological polar surface area (TPSA) is 15.3 Å². The fraction of sp³-hybridized carbons (Fsp3) is 0.188. The first-order chi connectivity index (χ1) is 9.34. The third kappa shape index (κ3) is 1.58. The van der Waals surface area contributed by atoms with Crippen molar-refractivity contribution in [2.45, 2.75) is 18.9 Å². The van der Waals surface area contributed by atoms with E-state index in [4.69, 9.17) is 12.2 Å². The van der Waals surface area contributed by atoms with E-state index in [9.17, 15) is 0 Å². The highest BCUT2D eigenvalue weighted by Gasteiger charge is 2.34. The molecule has 94 valence electrons. The molecule has 2 nitrogen and oxygen atoms in total. The summed E-state index contributed by atoms with van der Waals surface area (Å²) in [5.41, 5.74) is 5.16. The van der Waals surface area contributed by atoms with Crippen LogP contribution in [0.3, 0.4) is 0 Å².